The lowest BCUT2D eigenvalue weighted by Crippen LogP contribution is -2.42. The van der Waals surface area contributed by atoms with E-state index in [-0.39, 0.29) is 11.5 Å². The molecule has 0 saturated heterocycles. The van der Waals surface area contributed by atoms with Gasteiger partial charge >= 0.3 is 5.97 Å². The smallest absolute Gasteiger partial charge is 0.329 e. The van der Waals surface area contributed by atoms with Crippen LogP contribution in [-0.2, 0) is 26.0 Å². The molecule has 0 amide bonds. The molecule has 0 saturated carbocycles. The number of likely N-dealkylation sites (N-methyl/N-ethyl adjacent to an activating group) is 1. The first-order valence-electron chi connectivity index (χ1n) is 7.96. The molecule has 0 aromatic heterocycles. The number of carboxylic acid groups (broad SMARTS) is 1. The van der Waals surface area contributed by atoms with Gasteiger partial charge in [0.1, 0.15) is 6.61 Å². The van der Waals surface area contributed by atoms with Crippen molar-refractivity contribution in [2.24, 2.45) is 0 Å². The Hall–Kier alpha value is -2.03. The first-order chi connectivity index (χ1) is 12.1. The zero-order valence-electron chi connectivity index (χ0n) is 15.1. The molecule has 0 radical (unpaired) electrons. The third kappa shape index (κ3) is 7.07. The molecule has 0 aliphatic rings. The minimum absolute atomic E-state index is 0.0201. The zero-order valence-corrected chi connectivity index (χ0v) is 15.9. The van der Waals surface area contributed by atoms with Crippen LogP contribution < -0.4 is 0 Å². The average Bonchev–Trinajstić information content (AvgIpc) is 2.58. The Morgan fingerprint density at radius 3 is 2.42 bits per heavy atom. The quantitative estimate of drug-likeness (QED) is 0.626. The predicted molar refractivity (Wildman–Crippen MR) is 97.7 cm³/mol. The number of benzene rings is 1. The number of allylic oxidation sites excluding steroid dienone is 4. The molecule has 0 heterocycles. The fraction of sp³-hybridized carbons (Fsp3) is 0.389. The monoisotopic (exact) mass is 385 g/mol. The molecule has 1 aromatic rings. The highest BCUT2D eigenvalue weighted by atomic mass is 32.2. The topological polar surface area (TPSA) is 83.9 Å². The molecule has 1 N–H and O–H groups in total. The van der Waals surface area contributed by atoms with Crippen LogP contribution in [0, 0.1) is 0 Å². The molecule has 1 unspecified atom stereocenters. The summed E-state index contributed by atoms with van der Waals surface area (Å²) in [7, 11) is -2.45. The molecular weight excluding hydrogens is 361 g/mol. The van der Waals surface area contributed by atoms with Crippen LogP contribution >= 0.6 is 0 Å². The number of carboxylic acids is 1. The van der Waals surface area contributed by atoms with Crippen LogP contribution in [0.1, 0.15) is 19.4 Å². The van der Waals surface area contributed by atoms with E-state index in [2.05, 4.69) is 0 Å². The van der Waals surface area contributed by atoms with Crippen molar-refractivity contribution in [1.82, 2.24) is 4.31 Å². The minimum Gasteiger partial charge on any atom is -0.480 e. The van der Waals surface area contributed by atoms with Gasteiger partial charge in [-0.05, 0) is 38.0 Å². The maximum absolute atomic E-state index is 12.9. The highest BCUT2D eigenvalue weighted by Crippen LogP contribution is 2.18. The van der Waals surface area contributed by atoms with Gasteiger partial charge in [0.15, 0.2) is 0 Å². The summed E-state index contributed by atoms with van der Waals surface area (Å²) in [5.41, 5.74) is 0.889. The molecular formula is C18H24FNO5S. The van der Waals surface area contributed by atoms with Crippen molar-refractivity contribution in [1.29, 1.82) is 0 Å². The minimum atomic E-state index is -3.85. The summed E-state index contributed by atoms with van der Waals surface area (Å²) < 4.78 is 44.5. The van der Waals surface area contributed by atoms with Crippen LogP contribution in [0.15, 0.2) is 53.2 Å². The summed E-state index contributed by atoms with van der Waals surface area (Å²) in [5.74, 6) is -1.64. The van der Waals surface area contributed by atoms with Crippen molar-refractivity contribution in [2.45, 2.75) is 26.3 Å². The molecule has 0 fully saturated rings. The molecule has 144 valence electrons. The van der Waals surface area contributed by atoms with Crippen LogP contribution in [0.5, 0.6) is 0 Å². The molecule has 1 rings (SSSR count). The second kappa shape index (κ2) is 10.2. The van der Waals surface area contributed by atoms with Crippen molar-refractivity contribution < 1.29 is 27.4 Å². The first kappa shape index (κ1) is 22.0. The van der Waals surface area contributed by atoms with Gasteiger partial charge in [0.25, 0.3) is 0 Å². The Bertz CT molecular complexity index is 755. The van der Waals surface area contributed by atoms with E-state index in [1.165, 1.54) is 27.0 Å². The molecule has 8 heteroatoms. The van der Waals surface area contributed by atoms with E-state index >= 15 is 0 Å². The molecule has 0 bridgehead atoms. The fourth-order valence-electron chi connectivity index (χ4n) is 2.20. The number of halogens is 1. The fourth-order valence-corrected chi connectivity index (χ4v) is 3.42. The van der Waals surface area contributed by atoms with Gasteiger partial charge in [-0.2, -0.15) is 4.31 Å². The Balaban J connectivity index is 3.04. The number of ether oxygens (including phenoxy) is 1. The van der Waals surface area contributed by atoms with Gasteiger partial charge in [-0.25, -0.2) is 17.6 Å². The van der Waals surface area contributed by atoms with Gasteiger partial charge in [0.2, 0.25) is 10.0 Å². The Morgan fingerprint density at radius 1 is 1.27 bits per heavy atom. The largest absolute Gasteiger partial charge is 0.480 e. The Morgan fingerprint density at radius 2 is 1.88 bits per heavy atom. The lowest BCUT2D eigenvalue weighted by Gasteiger charge is -2.27. The van der Waals surface area contributed by atoms with E-state index in [9.17, 15) is 17.6 Å². The summed E-state index contributed by atoms with van der Waals surface area (Å²) in [6.07, 6.45) is 2.62. The average molecular weight is 385 g/mol. The van der Waals surface area contributed by atoms with Crippen LogP contribution in [0.4, 0.5) is 4.39 Å². The lowest BCUT2D eigenvalue weighted by atomic mass is 10.1. The second-order valence-electron chi connectivity index (χ2n) is 5.80. The van der Waals surface area contributed by atoms with Crippen molar-refractivity contribution in [2.75, 3.05) is 20.3 Å². The van der Waals surface area contributed by atoms with Gasteiger partial charge in [0, 0.05) is 7.05 Å². The van der Waals surface area contributed by atoms with Crippen molar-refractivity contribution >= 4 is 16.0 Å². The number of carbonyl (C=O) groups is 1. The summed E-state index contributed by atoms with van der Waals surface area (Å²) >= 11 is 0. The van der Waals surface area contributed by atoms with Crippen LogP contribution in [0.25, 0.3) is 0 Å². The van der Waals surface area contributed by atoms with Crippen molar-refractivity contribution in [3.05, 3.63) is 58.8 Å². The normalized spacial score (nSPS) is 14.5. The highest BCUT2D eigenvalue weighted by molar-refractivity contribution is 7.93. The van der Waals surface area contributed by atoms with E-state index in [1.807, 2.05) is 30.3 Å². The van der Waals surface area contributed by atoms with Crippen molar-refractivity contribution in [3.63, 3.8) is 0 Å². The zero-order chi connectivity index (χ0) is 19.7. The summed E-state index contributed by atoms with van der Waals surface area (Å²) in [6, 6.07) is 8.60. The van der Waals surface area contributed by atoms with Gasteiger partial charge in [0.05, 0.1) is 23.4 Å². The van der Waals surface area contributed by atoms with E-state index < -0.39 is 34.5 Å². The summed E-state index contributed by atoms with van der Waals surface area (Å²) in [4.78, 5) is 10.6. The molecule has 0 aliphatic heterocycles. The van der Waals surface area contributed by atoms with Gasteiger partial charge in [-0.1, -0.05) is 30.3 Å². The lowest BCUT2D eigenvalue weighted by molar-refractivity contribution is -0.142. The maximum atomic E-state index is 12.9. The number of nitrogens with zero attached hydrogens (tertiary/aromatic N) is 1. The van der Waals surface area contributed by atoms with E-state index in [0.717, 1.165) is 15.9 Å². The molecule has 1 atom stereocenters. The molecule has 6 nitrogen and oxygen atoms in total. The maximum Gasteiger partial charge on any atom is 0.329 e. The van der Waals surface area contributed by atoms with Gasteiger partial charge in [-0.15, -0.1) is 0 Å². The molecule has 1 aromatic carbocycles. The third-order valence-corrected chi connectivity index (χ3v) is 5.70. The summed E-state index contributed by atoms with van der Waals surface area (Å²) in [6.45, 7) is 2.00. The van der Waals surface area contributed by atoms with Crippen molar-refractivity contribution in [3.8, 4) is 0 Å². The third-order valence-electron chi connectivity index (χ3n) is 3.70. The van der Waals surface area contributed by atoms with Crippen LogP contribution in [0.3, 0.4) is 0 Å². The number of aliphatic carboxylic acids is 1. The second-order valence-corrected chi connectivity index (χ2v) is 7.97. The van der Waals surface area contributed by atoms with Crippen LogP contribution in [-0.4, -0.2) is 50.1 Å². The Labute approximate surface area is 153 Å². The first-order valence-corrected chi connectivity index (χ1v) is 9.40. The van der Waals surface area contributed by atoms with E-state index in [1.54, 1.807) is 0 Å². The number of hydrogen-bond acceptors (Lipinski definition) is 4. The standard InChI is InChI=1S/C18H24FNO5S/c1-14(19)9-10-15(2)26(23,24)20(3)17(12-25-13-18(21)22)11-16-7-5-4-6-8-16/h4-10,17H,11-13H2,1-3H3,(H,21,22)/b14-9+,15-10+. The highest BCUT2D eigenvalue weighted by Gasteiger charge is 2.28. The van der Waals surface area contributed by atoms with Gasteiger partial charge in [-0.3, -0.25) is 0 Å². The SMILES string of the molecule is C/C(F)=C\C=C(/C)S(=O)(=O)N(C)C(COCC(=O)O)Cc1ccccc1. The number of sulfonamides is 1. The number of rotatable bonds is 10. The van der Waals surface area contributed by atoms with Crippen LogP contribution in [0.2, 0.25) is 0 Å². The molecule has 0 aliphatic carbocycles. The predicted octanol–water partition coefficient (Wildman–Crippen LogP) is 2.74. The Kier molecular flexibility index (Phi) is 8.64. The number of hydrogen-bond donors (Lipinski definition) is 1. The van der Waals surface area contributed by atoms with Gasteiger partial charge < -0.3 is 9.84 Å². The molecule has 26 heavy (non-hydrogen) atoms. The van der Waals surface area contributed by atoms with E-state index in [0.29, 0.717) is 6.42 Å². The molecule has 0 spiro atoms. The van der Waals surface area contributed by atoms with E-state index in [4.69, 9.17) is 9.84 Å². The summed E-state index contributed by atoms with van der Waals surface area (Å²) in [5, 5.41) is 8.72.